The fourth-order valence-electron chi connectivity index (χ4n) is 2.36. The van der Waals surface area contributed by atoms with Crippen molar-refractivity contribution < 1.29 is 14.3 Å². The summed E-state index contributed by atoms with van der Waals surface area (Å²) < 4.78 is 5.33. The molecule has 2 rings (SSSR count). The van der Waals surface area contributed by atoms with Crippen LogP contribution < -0.4 is 5.32 Å². The Morgan fingerprint density at radius 2 is 1.78 bits per heavy atom. The maximum atomic E-state index is 11.9. The summed E-state index contributed by atoms with van der Waals surface area (Å²) in [7, 11) is 0. The number of Topliss-reactive ketones (excluding diaryl/α,β-unsaturated/α-hetero) is 1. The molecule has 6 heteroatoms. The van der Waals surface area contributed by atoms with Crippen LogP contribution in [-0.4, -0.2) is 48.6 Å². The van der Waals surface area contributed by atoms with Crippen LogP contribution in [0.1, 0.15) is 20.8 Å². The number of nitrogens with zero attached hydrogens (tertiary/aromatic N) is 1. The van der Waals surface area contributed by atoms with Crippen LogP contribution >= 0.6 is 12.4 Å². The van der Waals surface area contributed by atoms with E-state index in [1.807, 2.05) is 20.8 Å². The van der Waals surface area contributed by atoms with Gasteiger partial charge in [0.2, 0.25) is 0 Å². The van der Waals surface area contributed by atoms with Gasteiger partial charge < -0.3 is 15.0 Å². The molecular formula is C12H21ClN2O3. The van der Waals surface area contributed by atoms with E-state index in [4.69, 9.17) is 4.74 Å². The molecular weight excluding hydrogens is 256 g/mol. The third-order valence-corrected chi connectivity index (χ3v) is 3.12. The van der Waals surface area contributed by atoms with E-state index in [1.54, 1.807) is 4.90 Å². The molecule has 1 N–H and O–H groups in total. The van der Waals surface area contributed by atoms with Crippen LogP contribution in [-0.2, 0) is 9.53 Å². The molecule has 0 saturated carbocycles. The number of rotatable bonds is 0. The smallest absolute Gasteiger partial charge is 0.410 e. The van der Waals surface area contributed by atoms with Crippen LogP contribution in [0, 0.1) is 11.8 Å². The van der Waals surface area contributed by atoms with Gasteiger partial charge in [-0.15, -0.1) is 12.4 Å². The second-order valence-corrected chi connectivity index (χ2v) is 5.84. The largest absolute Gasteiger partial charge is 0.444 e. The van der Waals surface area contributed by atoms with Gasteiger partial charge in [0.05, 0.1) is 0 Å². The zero-order valence-electron chi connectivity index (χ0n) is 11.1. The Labute approximate surface area is 114 Å². The van der Waals surface area contributed by atoms with Crippen molar-refractivity contribution in [2.24, 2.45) is 11.8 Å². The standard InChI is InChI=1S/C12H20N2O3.ClH/c1-12(2,3)17-11(16)14-6-8-4-13-5-9(7-14)10(8)15;/h8-9,13H,4-7H2,1-3H3;1H. The van der Waals surface area contributed by atoms with Gasteiger partial charge >= 0.3 is 6.09 Å². The van der Waals surface area contributed by atoms with Crippen molar-refractivity contribution in [1.29, 1.82) is 0 Å². The van der Waals surface area contributed by atoms with Gasteiger partial charge in [-0.05, 0) is 20.8 Å². The summed E-state index contributed by atoms with van der Waals surface area (Å²) in [4.78, 5) is 25.4. The molecule has 5 nitrogen and oxygen atoms in total. The fourth-order valence-corrected chi connectivity index (χ4v) is 2.36. The Morgan fingerprint density at radius 3 is 2.22 bits per heavy atom. The number of amides is 1. The van der Waals surface area contributed by atoms with Gasteiger partial charge in [-0.3, -0.25) is 4.79 Å². The van der Waals surface area contributed by atoms with E-state index >= 15 is 0 Å². The molecule has 2 fully saturated rings. The number of ketones is 1. The van der Waals surface area contributed by atoms with E-state index in [-0.39, 0.29) is 30.3 Å². The molecule has 18 heavy (non-hydrogen) atoms. The van der Waals surface area contributed by atoms with Gasteiger partial charge in [-0.1, -0.05) is 0 Å². The van der Waals surface area contributed by atoms with Crippen molar-refractivity contribution in [3.8, 4) is 0 Å². The maximum Gasteiger partial charge on any atom is 0.410 e. The van der Waals surface area contributed by atoms with Crippen molar-refractivity contribution in [1.82, 2.24) is 10.2 Å². The highest BCUT2D eigenvalue weighted by molar-refractivity contribution is 5.87. The Hall–Kier alpha value is -0.810. The topological polar surface area (TPSA) is 58.6 Å². The minimum Gasteiger partial charge on any atom is -0.444 e. The van der Waals surface area contributed by atoms with Crippen molar-refractivity contribution >= 4 is 24.3 Å². The number of fused-ring (bicyclic) bond motifs is 2. The van der Waals surface area contributed by atoms with Gasteiger partial charge in [0.15, 0.2) is 0 Å². The first-order valence-corrected chi connectivity index (χ1v) is 6.09. The number of nitrogens with one attached hydrogen (secondary N) is 1. The molecule has 2 atom stereocenters. The van der Waals surface area contributed by atoms with Gasteiger partial charge in [0.25, 0.3) is 0 Å². The predicted molar refractivity (Wildman–Crippen MR) is 69.9 cm³/mol. The number of hydrogen-bond donors (Lipinski definition) is 1. The second-order valence-electron chi connectivity index (χ2n) is 5.84. The SMILES string of the molecule is CC(C)(C)OC(=O)N1CC2CNCC(C1)C2=O.Cl. The molecule has 104 valence electrons. The summed E-state index contributed by atoms with van der Waals surface area (Å²) in [6.07, 6.45) is -0.304. The lowest BCUT2D eigenvalue weighted by atomic mass is 9.84. The second kappa shape index (κ2) is 5.45. The van der Waals surface area contributed by atoms with Crippen molar-refractivity contribution in [2.75, 3.05) is 26.2 Å². The summed E-state index contributed by atoms with van der Waals surface area (Å²) in [6.45, 7) is 7.87. The van der Waals surface area contributed by atoms with Crippen LogP contribution in [0.4, 0.5) is 4.79 Å². The molecule has 0 aromatic carbocycles. The van der Waals surface area contributed by atoms with E-state index in [0.717, 1.165) is 0 Å². The maximum absolute atomic E-state index is 11.9. The average Bonchev–Trinajstić information content (AvgIpc) is 2.13. The van der Waals surface area contributed by atoms with Crippen molar-refractivity contribution in [2.45, 2.75) is 26.4 Å². The van der Waals surface area contributed by atoms with Crippen molar-refractivity contribution in [3.63, 3.8) is 0 Å². The molecule has 2 bridgehead atoms. The minimum atomic E-state index is -0.480. The molecule has 2 aliphatic rings. The van der Waals surface area contributed by atoms with E-state index in [0.29, 0.717) is 32.0 Å². The normalized spacial score (nSPS) is 27.5. The molecule has 0 radical (unpaired) electrons. The highest BCUT2D eigenvalue weighted by Crippen LogP contribution is 2.22. The zero-order chi connectivity index (χ0) is 12.6. The summed E-state index contributed by atoms with van der Waals surface area (Å²) in [5.41, 5.74) is -0.480. The van der Waals surface area contributed by atoms with Crippen LogP contribution in [0.3, 0.4) is 0 Å². The van der Waals surface area contributed by atoms with Gasteiger partial charge in [0, 0.05) is 38.0 Å². The minimum absolute atomic E-state index is 0. The first-order chi connectivity index (χ1) is 7.87. The molecule has 2 saturated heterocycles. The lowest BCUT2D eigenvalue weighted by Crippen LogP contribution is -2.58. The molecule has 1 amide bonds. The third-order valence-electron chi connectivity index (χ3n) is 3.12. The Kier molecular flexibility index (Phi) is 4.61. The molecule has 2 heterocycles. The number of hydrogen-bond acceptors (Lipinski definition) is 4. The Balaban J connectivity index is 0.00000162. The molecule has 0 aliphatic carbocycles. The van der Waals surface area contributed by atoms with Gasteiger partial charge in [0.1, 0.15) is 11.4 Å². The lowest BCUT2D eigenvalue weighted by Gasteiger charge is -2.40. The third kappa shape index (κ3) is 3.36. The van der Waals surface area contributed by atoms with Crippen LogP contribution in [0.5, 0.6) is 0 Å². The van der Waals surface area contributed by atoms with Crippen LogP contribution in [0.25, 0.3) is 0 Å². The molecule has 0 aromatic heterocycles. The van der Waals surface area contributed by atoms with Gasteiger partial charge in [-0.25, -0.2) is 4.79 Å². The first-order valence-electron chi connectivity index (χ1n) is 6.09. The summed E-state index contributed by atoms with van der Waals surface area (Å²) in [5.74, 6) is 0.175. The monoisotopic (exact) mass is 276 g/mol. The Morgan fingerprint density at radius 1 is 1.28 bits per heavy atom. The molecule has 2 unspecified atom stereocenters. The predicted octanol–water partition coefficient (Wildman–Crippen LogP) is 1.06. The number of carbonyl (C=O) groups excluding carboxylic acids is 2. The average molecular weight is 277 g/mol. The van der Waals surface area contributed by atoms with Gasteiger partial charge in [-0.2, -0.15) is 0 Å². The van der Waals surface area contributed by atoms with E-state index in [2.05, 4.69) is 5.32 Å². The number of likely N-dealkylation sites (tertiary alicyclic amines) is 1. The van der Waals surface area contributed by atoms with E-state index in [1.165, 1.54) is 0 Å². The number of halogens is 1. The van der Waals surface area contributed by atoms with Crippen molar-refractivity contribution in [3.05, 3.63) is 0 Å². The highest BCUT2D eigenvalue weighted by atomic mass is 35.5. The van der Waals surface area contributed by atoms with E-state index in [9.17, 15) is 9.59 Å². The molecule has 2 aliphatic heterocycles. The lowest BCUT2D eigenvalue weighted by molar-refractivity contribution is -0.132. The Bertz CT molecular complexity index is 325. The summed E-state index contributed by atoms with van der Waals surface area (Å²) >= 11 is 0. The van der Waals surface area contributed by atoms with Crippen LogP contribution in [0.15, 0.2) is 0 Å². The summed E-state index contributed by atoms with van der Waals surface area (Å²) in [6, 6.07) is 0. The van der Waals surface area contributed by atoms with Crippen LogP contribution in [0.2, 0.25) is 0 Å². The zero-order valence-corrected chi connectivity index (χ0v) is 11.9. The first kappa shape index (κ1) is 15.2. The fraction of sp³-hybridized carbons (Fsp3) is 0.833. The number of piperidine rings is 2. The number of ether oxygens (including phenoxy) is 1. The summed E-state index contributed by atoms with van der Waals surface area (Å²) in [5, 5.41) is 3.23. The number of carbonyl (C=O) groups is 2. The highest BCUT2D eigenvalue weighted by Gasteiger charge is 2.40. The molecule has 0 spiro atoms. The quantitative estimate of drug-likeness (QED) is 0.719. The van der Waals surface area contributed by atoms with E-state index < -0.39 is 5.60 Å². The molecule has 0 aromatic rings.